The van der Waals surface area contributed by atoms with E-state index < -0.39 is 0 Å². The van der Waals surface area contributed by atoms with Crippen molar-refractivity contribution in [1.29, 1.82) is 0 Å². The van der Waals surface area contributed by atoms with E-state index in [-0.39, 0.29) is 6.10 Å². The fourth-order valence-corrected chi connectivity index (χ4v) is 2.24. The maximum absolute atomic E-state index is 5.95. The summed E-state index contributed by atoms with van der Waals surface area (Å²) >= 11 is 0. The van der Waals surface area contributed by atoms with Gasteiger partial charge in [-0.3, -0.25) is 4.90 Å². The molecule has 2 heterocycles. The minimum atomic E-state index is -0.0492. The first-order chi connectivity index (χ1) is 8.65. The van der Waals surface area contributed by atoms with E-state index in [2.05, 4.69) is 28.7 Å². The van der Waals surface area contributed by atoms with Gasteiger partial charge in [0, 0.05) is 24.3 Å². The molecular weight excluding hydrogens is 228 g/mol. The Balaban J connectivity index is 2.24. The summed E-state index contributed by atoms with van der Waals surface area (Å²) in [7, 11) is 0. The Morgan fingerprint density at radius 1 is 1.39 bits per heavy atom. The van der Waals surface area contributed by atoms with Crippen LogP contribution in [0, 0.1) is 6.92 Å². The Hall–Kier alpha value is -1.20. The van der Waals surface area contributed by atoms with Gasteiger partial charge in [-0.1, -0.05) is 13.8 Å². The number of aryl methyl sites for hydroxylation is 1. The predicted octanol–water partition coefficient (Wildman–Crippen LogP) is 1.32. The number of nitrogens with zero attached hydrogens (tertiary/aromatic N) is 3. The maximum atomic E-state index is 5.95. The van der Waals surface area contributed by atoms with Crippen LogP contribution in [0.5, 0.6) is 0 Å². The number of rotatable bonds is 3. The van der Waals surface area contributed by atoms with Crippen LogP contribution >= 0.6 is 0 Å². The van der Waals surface area contributed by atoms with Gasteiger partial charge in [0.1, 0.15) is 11.9 Å². The minimum absolute atomic E-state index is 0.0492. The van der Waals surface area contributed by atoms with Gasteiger partial charge in [-0.2, -0.15) is 0 Å². The molecule has 0 amide bonds. The number of aromatic nitrogens is 2. The van der Waals surface area contributed by atoms with E-state index in [9.17, 15) is 0 Å². The molecule has 0 aromatic carbocycles. The fraction of sp³-hybridized carbons (Fsp3) is 0.692. The van der Waals surface area contributed by atoms with Crippen molar-refractivity contribution in [2.24, 2.45) is 0 Å². The van der Waals surface area contributed by atoms with Crippen molar-refractivity contribution in [1.82, 2.24) is 14.9 Å². The zero-order valence-corrected chi connectivity index (χ0v) is 11.4. The van der Waals surface area contributed by atoms with Crippen LogP contribution in [-0.4, -0.2) is 41.1 Å². The molecule has 5 heteroatoms. The maximum Gasteiger partial charge on any atom is 0.161 e. The number of nitrogens with two attached hydrogens (primary N) is 1. The molecule has 1 unspecified atom stereocenters. The standard InChI is InChI=1S/C13H22N4O/c1-4-10-9(3)12(14)16-13(15-10)11-8-17(5-2)6-7-18-11/h11H,4-8H2,1-3H3,(H2,14,15,16). The smallest absolute Gasteiger partial charge is 0.161 e. The summed E-state index contributed by atoms with van der Waals surface area (Å²) in [5, 5.41) is 0. The molecule has 0 spiro atoms. The van der Waals surface area contributed by atoms with Crippen LogP contribution in [-0.2, 0) is 11.2 Å². The number of ether oxygens (including phenoxy) is 1. The van der Waals surface area contributed by atoms with Crippen molar-refractivity contribution in [3.63, 3.8) is 0 Å². The van der Waals surface area contributed by atoms with E-state index in [1.807, 2.05) is 6.92 Å². The lowest BCUT2D eigenvalue weighted by molar-refractivity contribution is -0.0326. The van der Waals surface area contributed by atoms with Crippen molar-refractivity contribution in [2.45, 2.75) is 33.3 Å². The third-order valence-electron chi connectivity index (χ3n) is 3.52. The molecule has 1 aliphatic rings. The molecule has 1 saturated heterocycles. The van der Waals surface area contributed by atoms with Gasteiger partial charge in [-0.15, -0.1) is 0 Å². The first-order valence-corrected chi connectivity index (χ1v) is 6.62. The van der Waals surface area contributed by atoms with Gasteiger partial charge in [0.2, 0.25) is 0 Å². The lowest BCUT2D eigenvalue weighted by Crippen LogP contribution is -2.38. The van der Waals surface area contributed by atoms with Crippen LogP contribution in [0.1, 0.15) is 37.0 Å². The topological polar surface area (TPSA) is 64.3 Å². The SMILES string of the molecule is CCc1nc(C2CN(CC)CCO2)nc(N)c1C. The van der Waals surface area contributed by atoms with Crippen LogP contribution in [0.15, 0.2) is 0 Å². The third-order valence-corrected chi connectivity index (χ3v) is 3.52. The van der Waals surface area contributed by atoms with Crippen LogP contribution in [0.4, 0.5) is 5.82 Å². The van der Waals surface area contributed by atoms with E-state index in [0.29, 0.717) is 5.82 Å². The van der Waals surface area contributed by atoms with E-state index in [1.165, 1.54) is 0 Å². The van der Waals surface area contributed by atoms with Crippen LogP contribution in [0.25, 0.3) is 0 Å². The molecule has 1 aromatic rings. The summed E-state index contributed by atoms with van der Waals surface area (Å²) in [4.78, 5) is 11.3. The molecule has 0 radical (unpaired) electrons. The predicted molar refractivity (Wildman–Crippen MR) is 71.4 cm³/mol. The number of hydrogen-bond acceptors (Lipinski definition) is 5. The summed E-state index contributed by atoms with van der Waals surface area (Å²) in [6.07, 6.45) is 0.822. The molecule has 1 aromatic heterocycles. The Morgan fingerprint density at radius 3 is 2.83 bits per heavy atom. The van der Waals surface area contributed by atoms with Crippen molar-refractivity contribution in [2.75, 3.05) is 32.0 Å². The largest absolute Gasteiger partial charge is 0.383 e. The van der Waals surface area contributed by atoms with E-state index in [1.54, 1.807) is 0 Å². The summed E-state index contributed by atoms with van der Waals surface area (Å²) < 4.78 is 5.77. The zero-order valence-electron chi connectivity index (χ0n) is 11.4. The lowest BCUT2D eigenvalue weighted by atomic mass is 10.1. The van der Waals surface area contributed by atoms with Crippen molar-refractivity contribution in [3.05, 3.63) is 17.1 Å². The van der Waals surface area contributed by atoms with Crippen molar-refractivity contribution >= 4 is 5.82 Å². The fourth-order valence-electron chi connectivity index (χ4n) is 2.24. The monoisotopic (exact) mass is 250 g/mol. The summed E-state index contributed by atoms with van der Waals surface area (Å²) in [5.41, 5.74) is 7.96. The molecular formula is C13H22N4O. The zero-order chi connectivity index (χ0) is 13.1. The Kier molecular flexibility index (Phi) is 4.14. The Morgan fingerprint density at radius 2 is 2.17 bits per heavy atom. The number of likely N-dealkylation sites (N-methyl/N-ethyl adjacent to an activating group) is 1. The highest BCUT2D eigenvalue weighted by molar-refractivity contribution is 5.41. The van der Waals surface area contributed by atoms with Gasteiger partial charge in [0.05, 0.1) is 6.61 Å². The first kappa shape index (κ1) is 13.2. The van der Waals surface area contributed by atoms with Gasteiger partial charge < -0.3 is 10.5 Å². The molecule has 2 N–H and O–H groups in total. The van der Waals surface area contributed by atoms with Crippen molar-refractivity contribution in [3.8, 4) is 0 Å². The molecule has 1 aliphatic heterocycles. The molecule has 1 fully saturated rings. The van der Waals surface area contributed by atoms with Gasteiger partial charge >= 0.3 is 0 Å². The number of anilines is 1. The number of morpholine rings is 1. The molecule has 0 bridgehead atoms. The first-order valence-electron chi connectivity index (χ1n) is 6.62. The number of nitrogen functional groups attached to an aromatic ring is 1. The third kappa shape index (κ3) is 2.62. The number of hydrogen-bond donors (Lipinski definition) is 1. The van der Waals surface area contributed by atoms with Gasteiger partial charge in [-0.05, 0) is 19.9 Å². The normalized spacial score (nSPS) is 21.2. The highest BCUT2D eigenvalue weighted by Gasteiger charge is 2.24. The summed E-state index contributed by atoms with van der Waals surface area (Å²) in [6, 6.07) is 0. The van der Waals surface area contributed by atoms with E-state index in [4.69, 9.17) is 10.5 Å². The Bertz CT molecular complexity index is 422. The molecule has 0 aliphatic carbocycles. The molecule has 1 atom stereocenters. The van der Waals surface area contributed by atoms with E-state index in [0.717, 1.165) is 49.7 Å². The highest BCUT2D eigenvalue weighted by atomic mass is 16.5. The van der Waals surface area contributed by atoms with Crippen molar-refractivity contribution < 1.29 is 4.74 Å². The Labute approximate surface area is 108 Å². The lowest BCUT2D eigenvalue weighted by Gasteiger charge is -2.31. The second kappa shape index (κ2) is 5.63. The van der Waals surface area contributed by atoms with E-state index >= 15 is 0 Å². The molecule has 5 nitrogen and oxygen atoms in total. The van der Waals surface area contributed by atoms with Gasteiger partial charge in [-0.25, -0.2) is 9.97 Å². The molecule has 0 saturated carbocycles. The second-order valence-electron chi connectivity index (χ2n) is 4.64. The summed E-state index contributed by atoms with van der Waals surface area (Å²) in [6.45, 7) is 9.80. The quantitative estimate of drug-likeness (QED) is 0.876. The average molecular weight is 250 g/mol. The van der Waals surface area contributed by atoms with Crippen LogP contribution in [0.3, 0.4) is 0 Å². The van der Waals surface area contributed by atoms with Crippen LogP contribution < -0.4 is 5.73 Å². The molecule has 2 rings (SSSR count). The van der Waals surface area contributed by atoms with Gasteiger partial charge in [0.25, 0.3) is 0 Å². The van der Waals surface area contributed by atoms with Gasteiger partial charge in [0.15, 0.2) is 5.82 Å². The average Bonchev–Trinajstić information content (AvgIpc) is 2.41. The highest BCUT2D eigenvalue weighted by Crippen LogP contribution is 2.22. The molecule has 18 heavy (non-hydrogen) atoms. The minimum Gasteiger partial charge on any atom is -0.383 e. The molecule has 100 valence electrons. The second-order valence-corrected chi connectivity index (χ2v) is 4.64. The summed E-state index contributed by atoms with van der Waals surface area (Å²) in [5.74, 6) is 1.31. The van der Waals surface area contributed by atoms with Crippen LogP contribution in [0.2, 0.25) is 0 Å².